The first kappa shape index (κ1) is 8.58. The van der Waals surface area contributed by atoms with Gasteiger partial charge in [0, 0.05) is 6.20 Å². The SMILES string of the molecule is CC1=CN=NC1.Cc1cn[nH]n1. The number of aryl methyl sites for hydroxylation is 1. The molecular weight excluding hydrogens is 154 g/mol. The second-order valence-corrected chi connectivity index (χ2v) is 2.50. The number of hydrogen-bond acceptors (Lipinski definition) is 4. The molecule has 0 saturated heterocycles. The zero-order chi connectivity index (χ0) is 8.81. The zero-order valence-corrected chi connectivity index (χ0v) is 7.15. The molecule has 5 nitrogen and oxygen atoms in total. The molecule has 1 aliphatic rings. The minimum Gasteiger partial charge on any atom is -0.198 e. The van der Waals surface area contributed by atoms with Crippen LogP contribution in [0.5, 0.6) is 0 Å². The van der Waals surface area contributed by atoms with Crippen molar-refractivity contribution in [1.29, 1.82) is 0 Å². The quantitative estimate of drug-likeness (QED) is 0.632. The summed E-state index contributed by atoms with van der Waals surface area (Å²) in [6, 6.07) is 0. The Hall–Kier alpha value is -1.52. The van der Waals surface area contributed by atoms with Crippen LogP contribution in [0.3, 0.4) is 0 Å². The van der Waals surface area contributed by atoms with Crippen LogP contribution in [-0.2, 0) is 0 Å². The molecular formula is C7H11N5. The van der Waals surface area contributed by atoms with Gasteiger partial charge >= 0.3 is 0 Å². The predicted molar refractivity (Wildman–Crippen MR) is 44.6 cm³/mol. The first-order valence-electron chi connectivity index (χ1n) is 3.63. The van der Waals surface area contributed by atoms with Gasteiger partial charge in [-0.2, -0.15) is 25.6 Å². The summed E-state index contributed by atoms with van der Waals surface area (Å²) >= 11 is 0. The molecule has 0 bridgehead atoms. The fourth-order valence-electron chi connectivity index (χ4n) is 0.591. The lowest BCUT2D eigenvalue weighted by Gasteiger charge is -1.74. The lowest BCUT2D eigenvalue weighted by molar-refractivity contribution is 0.928. The molecule has 0 spiro atoms. The number of nitrogens with zero attached hydrogens (tertiary/aromatic N) is 4. The average Bonchev–Trinajstić information content (AvgIpc) is 2.63. The topological polar surface area (TPSA) is 66.3 Å². The smallest absolute Gasteiger partial charge is 0.0829 e. The molecule has 0 saturated carbocycles. The van der Waals surface area contributed by atoms with E-state index in [1.807, 2.05) is 13.8 Å². The molecule has 5 heteroatoms. The molecule has 0 radical (unpaired) electrons. The third-order valence-electron chi connectivity index (χ3n) is 1.22. The third-order valence-corrected chi connectivity index (χ3v) is 1.22. The van der Waals surface area contributed by atoms with E-state index in [-0.39, 0.29) is 0 Å². The molecule has 2 rings (SSSR count). The van der Waals surface area contributed by atoms with Crippen molar-refractivity contribution in [2.45, 2.75) is 13.8 Å². The van der Waals surface area contributed by atoms with Crippen LogP contribution in [0.15, 0.2) is 28.2 Å². The molecule has 0 fully saturated rings. The summed E-state index contributed by atoms with van der Waals surface area (Å²) < 4.78 is 0. The molecule has 2 heterocycles. The van der Waals surface area contributed by atoms with Gasteiger partial charge in [-0.15, -0.1) is 0 Å². The first-order chi connectivity index (χ1) is 5.79. The van der Waals surface area contributed by atoms with Gasteiger partial charge in [-0.3, -0.25) is 0 Å². The van der Waals surface area contributed by atoms with Crippen molar-refractivity contribution in [3.63, 3.8) is 0 Å². The number of nitrogens with one attached hydrogen (secondary N) is 1. The predicted octanol–water partition coefficient (Wildman–Crippen LogP) is 1.47. The molecule has 1 aromatic rings. The lowest BCUT2D eigenvalue weighted by atomic mass is 10.4. The summed E-state index contributed by atoms with van der Waals surface area (Å²) in [7, 11) is 0. The molecule has 0 unspecified atom stereocenters. The van der Waals surface area contributed by atoms with Crippen LogP contribution >= 0.6 is 0 Å². The van der Waals surface area contributed by atoms with E-state index in [0.29, 0.717) is 0 Å². The maximum Gasteiger partial charge on any atom is 0.0829 e. The summed E-state index contributed by atoms with van der Waals surface area (Å²) in [4.78, 5) is 0. The molecule has 12 heavy (non-hydrogen) atoms. The number of azo groups is 1. The molecule has 64 valence electrons. The minimum absolute atomic E-state index is 0.806. The van der Waals surface area contributed by atoms with Gasteiger partial charge in [0.2, 0.25) is 0 Å². The summed E-state index contributed by atoms with van der Waals surface area (Å²) in [5.41, 5.74) is 2.17. The van der Waals surface area contributed by atoms with Crippen LogP contribution in [0.4, 0.5) is 0 Å². The highest BCUT2D eigenvalue weighted by Gasteiger charge is 1.88. The van der Waals surface area contributed by atoms with Gasteiger partial charge in [0.15, 0.2) is 0 Å². The van der Waals surface area contributed by atoms with Crippen LogP contribution in [0.2, 0.25) is 0 Å². The van der Waals surface area contributed by atoms with Crippen LogP contribution in [0, 0.1) is 6.92 Å². The van der Waals surface area contributed by atoms with E-state index >= 15 is 0 Å². The van der Waals surface area contributed by atoms with Gasteiger partial charge in [-0.1, -0.05) is 0 Å². The van der Waals surface area contributed by atoms with Crippen molar-refractivity contribution in [2.24, 2.45) is 10.2 Å². The van der Waals surface area contributed by atoms with E-state index in [2.05, 4.69) is 25.6 Å². The Morgan fingerprint density at radius 1 is 1.42 bits per heavy atom. The fourth-order valence-corrected chi connectivity index (χ4v) is 0.591. The third kappa shape index (κ3) is 3.05. The Morgan fingerprint density at radius 2 is 2.25 bits per heavy atom. The summed E-state index contributed by atoms with van der Waals surface area (Å²) in [6.07, 6.45) is 3.44. The Kier molecular flexibility index (Phi) is 3.13. The van der Waals surface area contributed by atoms with E-state index < -0.39 is 0 Å². The Bertz CT molecular complexity index is 272. The van der Waals surface area contributed by atoms with Crippen LogP contribution in [-0.4, -0.2) is 22.0 Å². The lowest BCUT2D eigenvalue weighted by Crippen LogP contribution is -1.70. The van der Waals surface area contributed by atoms with Crippen molar-refractivity contribution in [3.05, 3.63) is 23.7 Å². The van der Waals surface area contributed by atoms with E-state index in [9.17, 15) is 0 Å². The van der Waals surface area contributed by atoms with E-state index in [4.69, 9.17) is 0 Å². The molecule has 1 aliphatic heterocycles. The van der Waals surface area contributed by atoms with Gasteiger partial charge in [0.1, 0.15) is 0 Å². The van der Waals surface area contributed by atoms with Crippen molar-refractivity contribution in [3.8, 4) is 0 Å². The fraction of sp³-hybridized carbons (Fsp3) is 0.429. The average molecular weight is 165 g/mol. The highest BCUT2D eigenvalue weighted by molar-refractivity contribution is 5.01. The van der Waals surface area contributed by atoms with E-state index in [0.717, 1.165) is 12.2 Å². The van der Waals surface area contributed by atoms with Gasteiger partial charge in [0.25, 0.3) is 0 Å². The standard InChI is InChI=1S/C4H6N2.C3H5N3/c1-4-2-5-6-3-4;1-3-2-4-6-5-3/h2H,3H2,1H3;2H,1H3,(H,4,5,6). The number of H-pyrrole nitrogens is 1. The Morgan fingerprint density at radius 3 is 2.42 bits per heavy atom. The monoisotopic (exact) mass is 165 g/mol. The van der Waals surface area contributed by atoms with Crippen molar-refractivity contribution in [1.82, 2.24) is 15.4 Å². The Balaban J connectivity index is 0.000000120. The van der Waals surface area contributed by atoms with Gasteiger partial charge in [-0.05, 0) is 19.4 Å². The number of hydrogen-bond donors (Lipinski definition) is 1. The van der Waals surface area contributed by atoms with Crippen LogP contribution < -0.4 is 0 Å². The number of aromatic nitrogens is 3. The van der Waals surface area contributed by atoms with E-state index in [1.54, 1.807) is 12.4 Å². The molecule has 0 amide bonds. The zero-order valence-electron chi connectivity index (χ0n) is 7.15. The maximum absolute atomic E-state index is 3.70. The van der Waals surface area contributed by atoms with Crippen LogP contribution in [0.1, 0.15) is 12.6 Å². The summed E-state index contributed by atoms with van der Waals surface area (Å²) in [5.74, 6) is 0. The van der Waals surface area contributed by atoms with Crippen molar-refractivity contribution >= 4 is 0 Å². The second kappa shape index (κ2) is 4.38. The molecule has 0 aliphatic carbocycles. The molecule has 0 atom stereocenters. The normalized spacial score (nSPS) is 13.7. The molecule has 1 aromatic heterocycles. The number of aromatic amines is 1. The van der Waals surface area contributed by atoms with Gasteiger partial charge in [-0.25, -0.2) is 0 Å². The highest BCUT2D eigenvalue weighted by atomic mass is 15.3. The second-order valence-electron chi connectivity index (χ2n) is 2.50. The molecule has 0 aromatic carbocycles. The van der Waals surface area contributed by atoms with Gasteiger partial charge in [0.05, 0.1) is 18.4 Å². The first-order valence-corrected chi connectivity index (χ1v) is 3.63. The van der Waals surface area contributed by atoms with Crippen molar-refractivity contribution < 1.29 is 0 Å². The summed E-state index contributed by atoms with van der Waals surface area (Å²) in [5, 5.41) is 17.0. The summed E-state index contributed by atoms with van der Waals surface area (Å²) in [6.45, 7) is 4.70. The highest BCUT2D eigenvalue weighted by Crippen LogP contribution is 2.00. The van der Waals surface area contributed by atoms with Crippen molar-refractivity contribution in [2.75, 3.05) is 6.54 Å². The van der Waals surface area contributed by atoms with Gasteiger partial charge < -0.3 is 0 Å². The van der Waals surface area contributed by atoms with E-state index in [1.165, 1.54) is 5.57 Å². The Labute approximate surface area is 70.6 Å². The minimum atomic E-state index is 0.806. The largest absolute Gasteiger partial charge is 0.198 e. The number of rotatable bonds is 0. The maximum atomic E-state index is 3.70. The van der Waals surface area contributed by atoms with Crippen LogP contribution in [0.25, 0.3) is 0 Å². The molecule has 1 N–H and O–H groups in total.